The average molecular weight is 378 g/mol. The molecule has 0 fully saturated rings. The van der Waals surface area contributed by atoms with Gasteiger partial charge < -0.3 is 10.1 Å². The molecule has 0 spiro atoms. The Hall–Kier alpha value is -4.17. The lowest BCUT2D eigenvalue weighted by Gasteiger charge is -2.13. The van der Waals surface area contributed by atoms with Gasteiger partial charge in [0.2, 0.25) is 5.95 Å². The molecule has 0 unspecified atom stereocenters. The van der Waals surface area contributed by atoms with Gasteiger partial charge in [-0.15, -0.1) is 0 Å². The lowest BCUT2D eigenvalue weighted by molar-refractivity contribution is 0.415. The summed E-state index contributed by atoms with van der Waals surface area (Å²) in [6, 6.07) is 29.2. The Morgan fingerprint density at radius 2 is 1.41 bits per heavy atom. The Labute approximate surface area is 169 Å². The highest BCUT2D eigenvalue weighted by Gasteiger charge is 2.18. The summed E-state index contributed by atoms with van der Waals surface area (Å²) in [7, 11) is 1.61. The molecule has 29 heavy (non-hydrogen) atoms. The minimum atomic E-state index is 0.420. The lowest BCUT2D eigenvalue weighted by Crippen LogP contribution is -2.04. The number of nitrogens with zero attached hydrogens (tertiary/aromatic N) is 3. The molecule has 140 valence electrons. The van der Waals surface area contributed by atoms with Crippen LogP contribution in [0.15, 0.2) is 84.9 Å². The molecule has 0 saturated heterocycles. The Morgan fingerprint density at radius 3 is 2.07 bits per heavy atom. The van der Waals surface area contributed by atoms with E-state index in [-0.39, 0.29) is 0 Å². The number of aromatic nitrogens is 2. The summed E-state index contributed by atoms with van der Waals surface area (Å²) in [5.74, 6) is 1.12. The third-order valence-corrected chi connectivity index (χ3v) is 4.44. The van der Waals surface area contributed by atoms with E-state index in [9.17, 15) is 5.26 Å². The Balaban J connectivity index is 1.92. The molecule has 0 aliphatic carbocycles. The van der Waals surface area contributed by atoms with Gasteiger partial charge in [-0.05, 0) is 24.3 Å². The van der Waals surface area contributed by atoms with Crippen molar-refractivity contribution in [2.45, 2.75) is 0 Å². The van der Waals surface area contributed by atoms with E-state index >= 15 is 0 Å². The molecule has 0 radical (unpaired) electrons. The van der Waals surface area contributed by atoms with Crippen LogP contribution < -0.4 is 10.1 Å². The molecule has 4 aromatic rings. The van der Waals surface area contributed by atoms with Crippen LogP contribution >= 0.6 is 0 Å². The molecule has 1 aromatic heterocycles. The number of rotatable bonds is 5. The summed E-state index contributed by atoms with van der Waals surface area (Å²) in [6.07, 6.45) is 0. The van der Waals surface area contributed by atoms with Crippen molar-refractivity contribution in [2.75, 3.05) is 12.4 Å². The Kier molecular flexibility index (Phi) is 5.17. The summed E-state index contributed by atoms with van der Waals surface area (Å²) in [6.45, 7) is 0. The van der Waals surface area contributed by atoms with Crippen LogP contribution in [0.5, 0.6) is 5.75 Å². The van der Waals surface area contributed by atoms with Crippen LogP contribution in [0.3, 0.4) is 0 Å². The largest absolute Gasteiger partial charge is 0.497 e. The molecule has 0 saturated carbocycles. The summed E-state index contributed by atoms with van der Waals surface area (Å²) < 4.78 is 5.35. The van der Waals surface area contributed by atoms with E-state index in [1.54, 1.807) is 7.11 Å². The molecule has 0 bridgehead atoms. The smallest absolute Gasteiger partial charge is 0.228 e. The number of nitrogens with one attached hydrogen (secondary N) is 1. The van der Waals surface area contributed by atoms with Gasteiger partial charge in [-0.3, -0.25) is 0 Å². The first-order valence-corrected chi connectivity index (χ1v) is 9.12. The van der Waals surface area contributed by atoms with Crippen molar-refractivity contribution in [3.63, 3.8) is 0 Å². The van der Waals surface area contributed by atoms with E-state index < -0.39 is 0 Å². The molecule has 5 heteroatoms. The Morgan fingerprint density at radius 1 is 0.793 bits per heavy atom. The van der Waals surface area contributed by atoms with Crippen molar-refractivity contribution in [3.8, 4) is 34.3 Å². The Bertz CT molecular complexity index is 1170. The van der Waals surface area contributed by atoms with Crippen LogP contribution in [0.4, 0.5) is 11.6 Å². The SMILES string of the molecule is COc1cccc(-c2nc(Nc3ccccc3)nc(-c3ccccc3)c2C#N)c1. The second-order valence-electron chi connectivity index (χ2n) is 6.32. The maximum Gasteiger partial charge on any atom is 0.228 e. The van der Waals surface area contributed by atoms with Crippen molar-refractivity contribution >= 4 is 11.6 Å². The second-order valence-corrected chi connectivity index (χ2v) is 6.32. The fourth-order valence-corrected chi connectivity index (χ4v) is 3.06. The molecule has 0 atom stereocenters. The monoisotopic (exact) mass is 378 g/mol. The zero-order valence-corrected chi connectivity index (χ0v) is 15.8. The summed E-state index contributed by atoms with van der Waals surface area (Å²) in [5.41, 5.74) is 4.07. The predicted octanol–water partition coefficient (Wildman–Crippen LogP) is 5.43. The van der Waals surface area contributed by atoms with Gasteiger partial charge in [-0.25, -0.2) is 9.97 Å². The molecular formula is C24H18N4O. The topological polar surface area (TPSA) is 70.8 Å². The molecule has 3 aromatic carbocycles. The molecule has 0 aliphatic rings. The molecule has 1 N–H and O–H groups in total. The van der Waals surface area contributed by atoms with E-state index in [4.69, 9.17) is 4.74 Å². The van der Waals surface area contributed by atoms with Gasteiger partial charge in [0.05, 0.1) is 18.5 Å². The van der Waals surface area contributed by atoms with Gasteiger partial charge in [-0.2, -0.15) is 5.26 Å². The van der Waals surface area contributed by atoms with Crippen molar-refractivity contribution in [1.82, 2.24) is 9.97 Å². The molecule has 5 nitrogen and oxygen atoms in total. The van der Waals surface area contributed by atoms with Crippen LogP contribution in [0, 0.1) is 11.3 Å². The number of nitriles is 1. The van der Waals surface area contributed by atoms with E-state index in [0.717, 1.165) is 16.8 Å². The zero-order chi connectivity index (χ0) is 20.1. The van der Waals surface area contributed by atoms with Crippen molar-refractivity contribution < 1.29 is 4.74 Å². The fraction of sp³-hybridized carbons (Fsp3) is 0.0417. The van der Waals surface area contributed by atoms with E-state index in [1.807, 2.05) is 84.9 Å². The van der Waals surface area contributed by atoms with Crippen LogP contribution in [-0.4, -0.2) is 17.1 Å². The van der Waals surface area contributed by atoms with Gasteiger partial charge >= 0.3 is 0 Å². The van der Waals surface area contributed by atoms with Crippen LogP contribution in [-0.2, 0) is 0 Å². The van der Waals surface area contributed by atoms with E-state index in [0.29, 0.717) is 28.6 Å². The standard InChI is InChI=1S/C24H18N4O/c1-29-20-14-8-11-18(15-20)23-21(16-25)22(17-9-4-2-5-10-17)27-24(28-23)26-19-12-6-3-7-13-19/h2-15H,1H3,(H,26,27,28). The number of methoxy groups -OCH3 is 1. The molecule has 0 aliphatic heterocycles. The quantitative estimate of drug-likeness (QED) is 0.501. The molecular weight excluding hydrogens is 360 g/mol. The molecule has 1 heterocycles. The number of anilines is 2. The van der Waals surface area contributed by atoms with Crippen molar-refractivity contribution in [3.05, 3.63) is 90.5 Å². The number of hydrogen-bond acceptors (Lipinski definition) is 5. The number of benzene rings is 3. The summed E-state index contributed by atoms with van der Waals surface area (Å²) in [5, 5.41) is 13.2. The summed E-state index contributed by atoms with van der Waals surface area (Å²) >= 11 is 0. The number of para-hydroxylation sites is 1. The van der Waals surface area contributed by atoms with E-state index in [2.05, 4.69) is 21.4 Å². The fourth-order valence-electron chi connectivity index (χ4n) is 3.06. The highest BCUT2D eigenvalue weighted by Crippen LogP contribution is 2.32. The average Bonchev–Trinajstić information content (AvgIpc) is 2.80. The zero-order valence-electron chi connectivity index (χ0n) is 15.8. The van der Waals surface area contributed by atoms with Gasteiger partial charge in [0.1, 0.15) is 17.4 Å². The molecule has 4 rings (SSSR count). The predicted molar refractivity (Wildman–Crippen MR) is 114 cm³/mol. The first kappa shape index (κ1) is 18.2. The minimum Gasteiger partial charge on any atom is -0.497 e. The van der Waals surface area contributed by atoms with Gasteiger partial charge in [0.15, 0.2) is 0 Å². The van der Waals surface area contributed by atoms with Crippen LogP contribution in [0.1, 0.15) is 5.56 Å². The van der Waals surface area contributed by atoms with Crippen LogP contribution in [0.25, 0.3) is 22.5 Å². The third-order valence-electron chi connectivity index (χ3n) is 4.44. The maximum absolute atomic E-state index is 9.95. The first-order chi connectivity index (χ1) is 14.3. The van der Waals surface area contributed by atoms with Gasteiger partial charge in [-0.1, -0.05) is 60.7 Å². The van der Waals surface area contributed by atoms with Crippen LogP contribution in [0.2, 0.25) is 0 Å². The minimum absolute atomic E-state index is 0.420. The highest BCUT2D eigenvalue weighted by atomic mass is 16.5. The maximum atomic E-state index is 9.95. The first-order valence-electron chi connectivity index (χ1n) is 9.12. The van der Waals surface area contributed by atoms with E-state index in [1.165, 1.54) is 0 Å². The molecule has 0 amide bonds. The van der Waals surface area contributed by atoms with Crippen molar-refractivity contribution in [1.29, 1.82) is 5.26 Å². The third kappa shape index (κ3) is 3.92. The van der Waals surface area contributed by atoms with Gasteiger partial charge in [0, 0.05) is 16.8 Å². The lowest BCUT2D eigenvalue weighted by atomic mass is 10.0. The van der Waals surface area contributed by atoms with Gasteiger partial charge in [0.25, 0.3) is 0 Å². The number of ether oxygens (including phenoxy) is 1. The number of hydrogen-bond donors (Lipinski definition) is 1. The highest BCUT2D eigenvalue weighted by molar-refractivity contribution is 5.79. The normalized spacial score (nSPS) is 10.2. The van der Waals surface area contributed by atoms with Crippen molar-refractivity contribution in [2.24, 2.45) is 0 Å². The second kappa shape index (κ2) is 8.24. The summed E-state index contributed by atoms with van der Waals surface area (Å²) in [4.78, 5) is 9.33.